The van der Waals surface area contributed by atoms with E-state index in [-0.39, 0.29) is 0 Å². The van der Waals surface area contributed by atoms with Crippen molar-refractivity contribution in [3.63, 3.8) is 0 Å². The van der Waals surface area contributed by atoms with Gasteiger partial charge < -0.3 is 14.8 Å². The third kappa shape index (κ3) is 5.65. The van der Waals surface area contributed by atoms with Gasteiger partial charge in [0.15, 0.2) is 0 Å². The maximum atomic E-state index is 5.52. The van der Waals surface area contributed by atoms with Crippen LogP contribution in [-0.4, -0.2) is 64.1 Å². The van der Waals surface area contributed by atoms with Crippen LogP contribution < -0.4 is 5.32 Å². The Morgan fingerprint density at radius 3 is 2.89 bits per heavy atom. The fraction of sp³-hybridized carbons (Fsp3) is 1.00. The van der Waals surface area contributed by atoms with E-state index in [9.17, 15) is 0 Å². The van der Waals surface area contributed by atoms with E-state index >= 15 is 0 Å². The molecular formula is C14H30N2O2. The van der Waals surface area contributed by atoms with Gasteiger partial charge in [-0.3, -0.25) is 4.90 Å². The molecule has 1 saturated heterocycles. The lowest BCUT2D eigenvalue weighted by atomic mass is 9.96. The molecule has 0 bridgehead atoms. The summed E-state index contributed by atoms with van der Waals surface area (Å²) in [5, 5.41) is 3.51. The lowest BCUT2D eigenvalue weighted by molar-refractivity contribution is 0.0559. The van der Waals surface area contributed by atoms with Crippen LogP contribution in [0.5, 0.6) is 0 Å². The largest absolute Gasteiger partial charge is 0.382 e. The van der Waals surface area contributed by atoms with Gasteiger partial charge in [0, 0.05) is 45.9 Å². The number of rotatable bonds is 9. The summed E-state index contributed by atoms with van der Waals surface area (Å²) in [6, 6.07) is 0.697. The smallest absolute Gasteiger partial charge is 0.0700 e. The molecule has 0 radical (unpaired) electrons. The number of nitrogens with one attached hydrogen (secondary N) is 1. The summed E-state index contributed by atoms with van der Waals surface area (Å²) in [7, 11) is 1.71. The van der Waals surface area contributed by atoms with Crippen LogP contribution in [0.2, 0.25) is 0 Å². The molecule has 2 unspecified atom stereocenters. The quantitative estimate of drug-likeness (QED) is 0.633. The molecule has 4 nitrogen and oxygen atoms in total. The van der Waals surface area contributed by atoms with E-state index in [0.29, 0.717) is 19.3 Å². The van der Waals surface area contributed by atoms with Crippen LogP contribution in [0.25, 0.3) is 0 Å². The highest BCUT2D eigenvalue weighted by molar-refractivity contribution is 4.83. The Morgan fingerprint density at radius 1 is 1.33 bits per heavy atom. The second kappa shape index (κ2) is 9.73. The van der Waals surface area contributed by atoms with Gasteiger partial charge in [-0.2, -0.15) is 0 Å². The second-order valence-electron chi connectivity index (χ2n) is 5.15. The van der Waals surface area contributed by atoms with Crippen LogP contribution in [0.1, 0.15) is 26.7 Å². The molecule has 0 aromatic carbocycles. The van der Waals surface area contributed by atoms with E-state index in [1.807, 2.05) is 0 Å². The van der Waals surface area contributed by atoms with Gasteiger partial charge in [0.2, 0.25) is 0 Å². The van der Waals surface area contributed by atoms with Gasteiger partial charge >= 0.3 is 0 Å². The van der Waals surface area contributed by atoms with E-state index in [1.54, 1.807) is 7.11 Å². The zero-order valence-corrected chi connectivity index (χ0v) is 12.3. The molecule has 1 fully saturated rings. The third-order valence-electron chi connectivity index (χ3n) is 3.86. The predicted molar refractivity (Wildman–Crippen MR) is 75.0 cm³/mol. The standard InChI is InChI=1S/C14H30N2O2/c1-4-13(2)14-12-15-6-8-16(14)7-5-9-18-11-10-17-3/h13-15H,4-12H2,1-3H3. The van der Waals surface area contributed by atoms with Crippen molar-refractivity contribution in [3.05, 3.63) is 0 Å². The van der Waals surface area contributed by atoms with Gasteiger partial charge in [-0.25, -0.2) is 0 Å². The minimum atomic E-state index is 0.697. The van der Waals surface area contributed by atoms with Crippen molar-refractivity contribution in [2.45, 2.75) is 32.7 Å². The summed E-state index contributed by atoms with van der Waals surface area (Å²) in [6.07, 6.45) is 2.38. The third-order valence-corrected chi connectivity index (χ3v) is 3.86. The summed E-state index contributed by atoms with van der Waals surface area (Å²) in [5.74, 6) is 0.771. The molecule has 2 atom stereocenters. The summed E-state index contributed by atoms with van der Waals surface area (Å²) < 4.78 is 10.5. The zero-order valence-electron chi connectivity index (χ0n) is 12.3. The molecule has 0 aliphatic carbocycles. The molecule has 1 aliphatic rings. The average molecular weight is 258 g/mol. The summed E-state index contributed by atoms with van der Waals surface area (Å²) in [6.45, 7) is 11.5. The molecule has 1 heterocycles. The van der Waals surface area contributed by atoms with Gasteiger partial charge in [0.25, 0.3) is 0 Å². The maximum absolute atomic E-state index is 5.52. The summed E-state index contributed by atoms with van der Waals surface area (Å²) >= 11 is 0. The SMILES string of the molecule is CCC(C)C1CNCCN1CCCOCCOC. The van der Waals surface area contributed by atoms with Crippen molar-refractivity contribution in [1.29, 1.82) is 0 Å². The van der Waals surface area contributed by atoms with E-state index in [4.69, 9.17) is 9.47 Å². The number of hydrogen-bond donors (Lipinski definition) is 1. The molecule has 108 valence electrons. The van der Waals surface area contributed by atoms with Crippen molar-refractivity contribution < 1.29 is 9.47 Å². The first-order valence-electron chi connectivity index (χ1n) is 7.31. The highest BCUT2D eigenvalue weighted by Gasteiger charge is 2.25. The van der Waals surface area contributed by atoms with E-state index in [1.165, 1.54) is 13.0 Å². The average Bonchev–Trinajstić information content (AvgIpc) is 2.42. The molecule has 18 heavy (non-hydrogen) atoms. The van der Waals surface area contributed by atoms with Crippen LogP contribution in [-0.2, 0) is 9.47 Å². The fourth-order valence-electron chi connectivity index (χ4n) is 2.49. The van der Waals surface area contributed by atoms with E-state index in [0.717, 1.165) is 38.6 Å². The van der Waals surface area contributed by atoms with Crippen LogP contribution in [0, 0.1) is 5.92 Å². The zero-order chi connectivity index (χ0) is 13.2. The molecular weight excluding hydrogens is 228 g/mol. The molecule has 0 spiro atoms. The van der Waals surface area contributed by atoms with Crippen molar-refractivity contribution in [2.75, 3.05) is 53.1 Å². The normalized spacial score (nSPS) is 23.2. The van der Waals surface area contributed by atoms with Crippen molar-refractivity contribution in [1.82, 2.24) is 10.2 Å². The lowest BCUT2D eigenvalue weighted by Gasteiger charge is -2.39. The Bertz CT molecular complexity index is 202. The van der Waals surface area contributed by atoms with Crippen molar-refractivity contribution in [3.8, 4) is 0 Å². The van der Waals surface area contributed by atoms with Crippen LogP contribution >= 0.6 is 0 Å². The number of nitrogens with zero attached hydrogens (tertiary/aromatic N) is 1. The number of hydrogen-bond acceptors (Lipinski definition) is 4. The first-order chi connectivity index (χ1) is 8.79. The van der Waals surface area contributed by atoms with Crippen molar-refractivity contribution >= 4 is 0 Å². The highest BCUT2D eigenvalue weighted by Crippen LogP contribution is 2.16. The predicted octanol–water partition coefficient (Wildman–Crippen LogP) is 1.36. The van der Waals surface area contributed by atoms with Gasteiger partial charge in [-0.05, 0) is 12.3 Å². The topological polar surface area (TPSA) is 33.7 Å². The molecule has 0 saturated carbocycles. The summed E-state index contributed by atoms with van der Waals surface area (Å²) in [5.41, 5.74) is 0. The minimum absolute atomic E-state index is 0.697. The Balaban J connectivity index is 2.17. The van der Waals surface area contributed by atoms with Gasteiger partial charge in [0.05, 0.1) is 13.2 Å². The molecule has 1 rings (SSSR count). The number of methoxy groups -OCH3 is 1. The number of ether oxygens (including phenoxy) is 2. The monoisotopic (exact) mass is 258 g/mol. The van der Waals surface area contributed by atoms with Crippen LogP contribution in [0.4, 0.5) is 0 Å². The molecule has 0 amide bonds. The van der Waals surface area contributed by atoms with E-state index < -0.39 is 0 Å². The van der Waals surface area contributed by atoms with Gasteiger partial charge in [0.1, 0.15) is 0 Å². The Kier molecular flexibility index (Phi) is 8.59. The van der Waals surface area contributed by atoms with Crippen LogP contribution in [0.3, 0.4) is 0 Å². The number of piperazine rings is 1. The first kappa shape index (κ1) is 15.9. The minimum Gasteiger partial charge on any atom is -0.382 e. The molecule has 4 heteroatoms. The Morgan fingerprint density at radius 2 is 2.17 bits per heavy atom. The summed E-state index contributed by atoms with van der Waals surface area (Å²) in [4.78, 5) is 2.63. The highest BCUT2D eigenvalue weighted by atomic mass is 16.5. The van der Waals surface area contributed by atoms with Crippen LogP contribution in [0.15, 0.2) is 0 Å². The molecule has 1 aliphatic heterocycles. The second-order valence-corrected chi connectivity index (χ2v) is 5.15. The maximum Gasteiger partial charge on any atom is 0.0700 e. The van der Waals surface area contributed by atoms with Gasteiger partial charge in [-0.15, -0.1) is 0 Å². The Hall–Kier alpha value is -0.160. The van der Waals surface area contributed by atoms with Gasteiger partial charge in [-0.1, -0.05) is 20.3 Å². The molecule has 0 aromatic rings. The molecule has 0 aromatic heterocycles. The van der Waals surface area contributed by atoms with Crippen molar-refractivity contribution in [2.24, 2.45) is 5.92 Å². The fourth-order valence-corrected chi connectivity index (χ4v) is 2.49. The Labute approximate surface area is 112 Å². The molecule has 1 N–H and O–H groups in total. The first-order valence-corrected chi connectivity index (χ1v) is 7.31. The van der Waals surface area contributed by atoms with E-state index in [2.05, 4.69) is 24.1 Å². The lowest BCUT2D eigenvalue weighted by Crippen LogP contribution is -2.54.